The zero-order chi connectivity index (χ0) is 20.5. The first-order valence-electron chi connectivity index (χ1n) is 9.58. The fourth-order valence-electron chi connectivity index (χ4n) is 3.27. The number of aliphatic imine (C=N–C) groups is 1. The average molecular weight is 401 g/mol. The topological polar surface area (TPSA) is 62.1 Å². The van der Waals surface area contributed by atoms with E-state index in [1.807, 2.05) is 19.1 Å². The van der Waals surface area contributed by atoms with Crippen LogP contribution < -0.4 is 0 Å². The summed E-state index contributed by atoms with van der Waals surface area (Å²) in [7, 11) is 2.08. The molecule has 0 atom stereocenters. The van der Waals surface area contributed by atoms with E-state index in [2.05, 4.69) is 37.7 Å². The lowest BCUT2D eigenvalue weighted by Gasteiger charge is -2.22. The van der Waals surface area contributed by atoms with E-state index < -0.39 is 0 Å². The maximum atomic E-state index is 12.6. The number of aromatic hydroxyl groups is 1. The van der Waals surface area contributed by atoms with Gasteiger partial charge in [0, 0.05) is 29.7 Å². The lowest BCUT2D eigenvalue weighted by atomic mass is 9.86. The van der Waals surface area contributed by atoms with E-state index >= 15 is 0 Å². The smallest absolute Gasteiger partial charge is 0.341 e. The summed E-state index contributed by atoms with van der Waals surface area (Å²) in [5, 5.41) is 10.9. The van der Waals surface area contributed by atoms with Gasteiger partial charge in [-0.1, -0.05) is 26.8 Å². The van der Waals surface area contributed by atoms with Crippen molar-refractivity contribution in [2.24, 2.45) is 4.99 Å². The molecule has 28 heavy (non-hydrogen) atoms. The van der Waals surface area contributed by atoms with Gasteiger partial charge in [0.2, 0.25) is 0 Å². The van der Waals surface area contributed by atoms with E-state index in [1.54, 1.807) is 12.3 Å². The molecule has 0 saturated heterocycles. The van der Waals surface area contributed by atoms with Crippen molar-refractivity contribution >= 4 is 28.5 Å². The summed E-state index contributed by atoms with van der Waals surface area (Å²) in [6.07, 6.45) is 2.46. The Balaban J connectivity index is 2.01. The molecule has 1 aromatic carbocycles. The molecule has 0 aliphatic carbocycles. The van der Waals surface area contributed by atoms with E-state index in [4.69, 9.17) is 4.74 Å². The molecule has 0 fully saturated rings. The van der Waals surface area contributed by atoms with Crippen LogP contribution in [0.4, 0.5) is 5.00 Å². The van der Waals surface area contributed by atoms with Crippen LogP contribution in [-0.4, -0.2) is 42.4 Å². The minimum absolute atomic E-state index is 0.0288. The highest BCUT2D eigenvalue weighted by molar-refractivity contribution is 7.16. The number of carbonyl (C=O) groups excluding carboxylic acids is 1. The monoisotopic (exact) mass is 400 g/mol. The van der Waals surface area contributed by atoms with E-state index in [9.17, 15) is 9.90 Å². The van der Waals surface area contributed by atoms with Gasteiger partial charge in [0.15, 0.2) is 0 Å². The van der Waals surface area contributed by atoms with Gasteiger partial charge in [-0.25, -0.2) is 9.79 Å². The summed E-state index contributed by atoms with van der Waals surface area (Å²) in [5.74, 6) is -0.139. The third kappa shape index (κ3) is 4.28. The van der Waals surface area contributed by atoms with E-state index in [-0.39, 0.29) is 17.1 Å². The van der Waals surface area contributed by atoms with E-state index in [0.29, 0.717) is 22.7 Å². The van der Waals surface area contributed by atoms with Crippen molar-refractivity contribution in [2.45, 2.75) is 46.1 Å². The Kier molecular flexibility index (Phi) is 5.91. The third-order valence-corrected chi connectivity index (χ3v) is 6.05. The Morgan fingerprint density at radius 2 is 2.14 bits per heavy atom. The van der Waals surface area contributed by atoms with Crippen molar-refractivity contribution in [1.29, 1.82) is 0 Å². The maximum Gasteiger partial charge on any atom is 0.341 e. The predicted molar refractivity (Wildman–Crippen MR) is 114 cm³/mol. The number of thiophene rings is 1. The van der Waals surface area contributed by atoms with Crippen molar-refractivity contribution in [3.63, 3.8) is 0 Å². The highest BCUT2D eigenvalue weighted by Gasteiger charge is 2.27. The van der Waals surface area contributed by atoms with Gasteiger partial charge < -0.3 is 14.7 Å². The first-order valence-corrected chi connectivity index (χ1v) is 10.4. The Bertz CT molecular complexity index is 909. The largest absolute Gasteiger partial charge is 0.507 e. The Morgan fingerprint density at radius 3 is 2.82 bits per heavy atom. The summed E-state index contributed by atoms with van der Waals surface area (Å²) in [6.45, 7) is 10.2. The number of hydrogen-bond acceptors (Lipinski definition) is 6. The number of phenols is 1. The van der Waals surface area contributed by atoms with Gasteiger partial charge in [0.05, 0.1) is 12.2 Å². The van der Waals surface area contributed by atoms with Crippen LogP contribution in [0.15, 0.2) is 23.2 Å². The Hall–Kier alpha value is -2.18. The molecule has 2 aromatic rings. The fraction of sp³-hybridized carbons (Fsp3) is 0.455. The highest BCUT2D eigenvalue weighted by atomic mass is 32.1. The first-order chi connectivity index (χ1) is 13.2. The predicted octanol–water partition coefficient (Wildman–Crippen LogP) is 4.67. The van der Waals surface area contributed by atoms with Crippen molar-refractivity contribution in [1.82, 2.24) is 4.90 Å². The van der Waals surface area contributed by atoms with Crippen LogP contribution in [0.25, 0.3) is 0 Å². The molecule has 0 amide bonds. The standard InChI is InChI=1S/C22H28N2O3S/c1-6-27-21(26)19-16-9-10-24(5)13-18(16)28-20(19)23-12-14-11-15(22(2,3)4)7-8-17(14)25/h7-8,11-12,25H,6,9-10,13H2,1-5H3/b23-12+. The van der Waals surface area contributed by atoms with Gasteiger partial charge in [0.1, 0.15) is 10.8 Å². The zero-order valence-electron chi connectivity index (χ0n) is 17.2. The molecular weight excluding hydrogens is 372 g/mol. The second-order valence-corrected chi connectivity index (χ2v) is 9.26. The molecular formula is C22H28N2O3S. The molecule has 1 aliphatic rings. The number of ether oxygens (including phenoxy) is 1. The van der Waals surface area contributed by atoms with Crippen molar-refractivity contribution < 1.29 is 14.6 Å². The van der Waals surface area contributed by atoms with Gasteiger partial charge in [-0.05, 0) is 49.1 Å². The van der Waals surface area contributed by atoms with Crippen LogP contribution in [0.1, 0.15) is 59.6 Å². The fourth-order valence-corrected chi connectivity index (χ4v) is 4.53. The maximum absolute atomic E-state index is 12.6. The number of fused-ring (bicyclic) bond motifs is 1. The summed E-state index contributed by atoms with van der Waals surface area (Å²) in [6, 6.07) is 5.57. The van der Waals surface area contributed by atoms with Gasteiger partial charge in [-0.2, -0.15) is 0 Å². The number of carbonyl (C=O) groups is 1. The van der Waals surface area contributed by atoms with E-state index in [0.717, 1.165) is 35.5 Å². The molecule has 1 aliphatic heterocycles. The normalized spacial score (nSPS) is 15.0. The second-order valence-electron chi connectivity index (χ2n) is 8.17. The molecule has 0 saturated carbocycles. The van der Waals surface area contributed by atoms with Gasteiger partial charge in [-0.3, -0.25) is 0 Å². The number of phenolic OH excluding ortho intramolecular Hbond substituents is 1. The minimum Gasteiger partial charge on any atom is -0.507 e. The summed E-state index contributed by atoms with van der Waals surface area (Å²) in [4.78, 5) is 20.6. The third-order valence-electron chi connectivity index (χ3n) is 4.92. The van der Waals surface area contributed by atoms with Crippen molar-refractivity contribution in [2.75, 3.05) is 20.2 Å². The number of benzene rings is 1. The van der Waals surface area contributed by atoms with Crippen LogP contribution in [-0.2, 0) is 23.1 Å². The molecule has 0 unspecified atom stereocenters. The number of nitrogens with zero attached hydrogens (tertiary/aromatic N) is 2. The van der Waals surface area contributed by atoms with Gasteiger partial charge in [0.25, 0.3) is 0 Å². The van der Waals surface area contributed by atoms with E-state index in [1.165, 1.54) is 11.3 Å². The minimum atomic E-state index is -0.315. The number of hydrogen-bond donors (Lipinski definition) is 1. The van der Waals surface area contributed by atoms with Gasteiger partial charge in [-0.15, -0.1) is 11.3 Å². The molecule has 0 radical (unpaired) electrons. The van der Waals surface area contributed by atoms with Crippen LogP contribution in [0.3, 0.4) is 0 Å². The Morgan fingerprint density at radius 1 is 1.39 bits per heavy atom. The molecule has 0 spiro atoms. The average Bonchev–Trinajstić information content (AvgIpc) is 2.97. The number of esters is 1. The molecule has 1 N–H and O–H groups in total. The lowest BCUT2D eigenvalue weighted by Crippen LogP contribution is -2.26. The first kappa shape index (κ1) is 20.6. The second kappa shape index (κ2) is 8.05. The quantitative estimate of drug-likeness (QED) is 0.599. The van der Waals surface area contributed by atoms with Crippen LogP contribution in [0.2, 0.25) is 0 Å². The number of likely N-dealkylation sites (N-methyl/N-ethyl adjacent to an activating group) is 1. The molecule has 2 heterocycles. The van der Waals surface area contributed by atoms with Crippen molar-refractivity contribution in [3.05, 3.63) is 45.3 Å². The highest BCUT2D eigenvalue weighted by Crippen LogP contribution is 2.39. The summed E-state index contributed by atoms with van der Waals surface area (Å²) < 4.78 is 5.29. The van der Waals surface area contributed by atoms with Crippen LogP contribution in [0.5, 0.6) is 5.75 Å². The zero-order valence-corrected chi connectivity index (χ0v) is 18.0. The van der Waals surface area contributed by atoms with Crippen molar-refractivity contribution in [3.8, 4) is 5.75 Å². The summed E-state index contributed by atoms with van der Waals surface area (Å²) >= 11 is 1.53. The SMILES string of the molecule is CCOC(=O)c1c(/N=C/c2cc(C(C)(C)C)ccc2O)sc2c1CCN(C)C2. The van der Waals surface area contributed by atoms with Crippen LogP contribution in [0, 0.1) is 0 Å². The summed E-state index contributed by atoms with van der Waals surface area (Å²) in [5.41, 5.74) is 3.37. The van der Waals surface area contributed by atoms with Crippen LogP contribution >= 0.6 is 11.3 Å². The molecule has 1 aromatic heterocycles. The molecule has 0 bridgehead atoms. The molecule has 150 valence electrons. The lowest BCUT2D eigenvalue weighted by molar-refractivity contribution is 0.0526. The number of rotatable bonds is 4. The Labute approximate surface area is 170 Å². The van der Waals surface area contributed by atoms with Gasteiger partial charge >= 0.3 is 5.97 Å². The molecule has 6 heteroatoms. The molecule has 3 rings (SSSR count). The molecule has 5 nitrogen and oxygen atoms in total.